The van der Waals surface area contributed by atoms with Crippen LogP contribution in [0.5, 0.6) is 5.75 Å². The number of nitrogens with one attached hydrogen (secondary N) is 2. The Labute approximate surface area is 145 Å². The van der Waals surface area contributed by atoms with Crippen molar-refractivity contribution in [1.82, 2.24) is 0 Å². The van der Waals surface area contributed by atoms with E-state index in [0.717, 1.165) is 16.2 Å². The van der Waals surface area contributed by atoms with Crippen molar-refractivity contribution < 1.29 is 14.3 Å². The lowest BCUT2D eigenvalue weighted by Gasteiger charge is -2.12. The van der Waals surface area contributed by atoms with E-state index in [0.29, 0.717) is 17.1 Å². The fraction of sp³-hybridized carbons (Fsp3) is 0.222. The highest BCUT2D eigenvalue weighted by atomic mass is 32.2. The minimum absolute atomic E-state index is 0.0982. The minimum atomic E-state index is -0.142. The summed E-state index contributed by atoms with van der Waals surface area (Å²) in [5, 5.41) is 5.63. The van der Waals surface area contributed by atoms with Gasteiger partial charge in [-0.05, 0) is 48.9 Å². The topological polar surface area (TPSA) is 67.4 Å². The lowest BCUT2D eigenvalue weighted by molar-refractivity contribution is -0.114. The molecule has 0 spiro atoms. The van der Waals surface area contributed by atoms with Crippen LogP contribution in [-0.2, 0) is 9.59 Å². The summed E-state index contributed by atoms with van der Waals surface area (Å²) in [6.45, 7) is 3.31. The molecule has 0 unspecified atom stereocenters. The Balaban J connectivity index is 1.95. The zero-order valence-corrected chi connectivity index (χ0v) is 14.7. The normalized spacial score (nSPS) is 10.1. The van der Waals surface area contributed by atoms with Crippen molar-refractivity contribution in [2.75, 3.05) is 23.5 Å². The predicted molar refractivity (Wildman–Crippen MR) is 97.8 cm³/mol. The van der Waals surface area contributed by atoms with Gasteiger partial charge in [0.25, 0.3) is 0 Å². The van der Waals surface area contributed by atoms with Gasteiger partial charge in [-0.15, -0.1) is 11.8 Å². The Kier molecular flexibility index (Phi) is 6.26. The van der Waals surface area contributed by atoms with Gasteiger partial charge < -0.3 is 15.4 Å². The van der Waals surface area contributed by atoms with Crippen molar-refractivity contribution in [1.29, 1.82) is 0 Å². The van der Waals surface area contributed by atoms with Crippen LogP contribution in [0.3, 0.4) is 0 Å². The molecule has 0 aromatic heterocycles. The molecule has 2 N–H and O–H groups in total. The van der Waals surface area contributed by atoms with Gasteiger partial charge in [0.05, 0.1) is 12.9 Å². The Morgan fingerprint density at radius 3 is 2.25 bits per heavy atom. The van der Waals surface area contributed by atoms with E-state index in [1.807, 2.05) is 37.3 Å². The summed E-state index contributed by atoms with van der Waals surface area (Å²) in [5.41, 5.74) is 2.22. The average Bonchev–Trinajstić information content (AvgIpc) is 2.56. The quantitative estimate of drug-likeness (QED) is 0.784. The van der Waals surface area contributed by atoms with Crippen LogP contribution in [0.1, 0.15) is 12.5 Å². The number of amides is 2. The summed E-state index contributed by atoms with van der Waals surface area (Å²) in [5.74, 6) is 0.848. The molecule has 6 heteroatoms. The fourth-order valence-corrected chi connectivity index (χ4v) is 2.80. The van der Waals surface area contributed by atoms with Gasteiger partial charge in [0, 0.05) is 23.2 Å². The number of benzene rings is 2. The van der Waals surface area contributed by atoms with Crippen molar-refractivity contribution in [2.24, 2.45) is 0 Å². The van der Waals surface area contributed by atoms with Crippen molar-refractivity contribution in [3.63, 3.8) is 0 Å². The van der Waals surface area contributed by atoms with E-state index in [9.17, 15) is 9.59 Å². The Hall–Kier alpha value is -2.47. The summed E-state index contributed by atoms with van der Waals surface area (Å²) >= 11 is 1.45. The summed E-state index contributed by atoms with van der Waals surface area (Å²) in [6.07, 6.45) is 0. The fourth-order valence-electron chi connectivity index (χ4n) is 2.10. The second kappa shape index (κ2) is 8.40. The van der Waals surface area contributed by atoms with E-state index in [1.54, 1.807) is 19.2 Å². The minimum Gasteiger partial charge on any atom is -0.497 e. The zero-order chi connectivity index (χ0) is 17.5. The van der Waals surface area contributed by atoms with Crippen LogP contribution in [0.4, 0.5) is 11.4 Å². The smallest absolute Gasteiger partial charge is 0.234 e. The highest BCUT2D eigenvalue weighted by molar-refractivity contribution is 8.00. The molecule has 0 aliphatic rings. The highest BCUT2D eigenvalue weighted by Gasteiger charge is 2.09. The maximum Gasteiger partial charge on any atom is 0.234 e. The molecule has 0 atom stereocenters. The van der Waals surface area contributed by atoms with Crippen molar-refractivity contribution in [2.45, 2.75) is 18.7 Å². The number of anilines is 2. The lowest BCUT2D eigenvalue weighted by atomic mass is 10.1. The van der Waals surface area contributed by atoms with Crippen molar-refractivity contribution in [3.8, 4) is 5.75 Å². The molecule has 5 nitrogen and oxygen atoms in total. The molecule has 2 aromatic carbocycles. The third-order valence-corrected chi connectivity index (χ3v) is 4.36. The third kappa shape index (κ3) is 5.03. The molecule has 0 aliphatic heterocycles. The molecule has 0 saturated carbocycles. The largest absolute Gasteiger partial charge is 0.497 e. The molecule has 2 rings (SSSR count). The number of rotatable bonds is 6. The van der Waals surface area contributed by atoms with Crippen LogP contribution in [0.2, 0.25) is 0 Å². The van der Waals surface area contributed by atoms with Gasteiger partial charge >= 0.3 is 0 Å². The molecule has 0 bridgehead atoms. The first-order valence-corrected chi connectivity index (χ1v) is 8.42. The van der Waals surface area contributed by atoms with Crippen LogP contribution >= 0.6 is 11.8 Å². The van der Waals surface area contributed by atoms with E-state index >= 15 is 0 Å². The molecule has 0 heterocycles. The lowest BCUT2D eigenvalue weighted by Crippen LogP contribution is -2.16. The molecular formula is C18H20N2O3S. The Morgan fingerprint density at radius 2 is 1.67 bits per heavy atom. The maximum atomic E-state index is 12.2. The summed E-state index contributed by atoms with van der Waals surface area (Å²) in [6, 6.07) is 13.0. The van der Waals surface area contributed by atoms with Crippen molar-refractivity contribution >= 4 is 35.0 Å². The number of carbonyl (C=O) groups is 2. The first-order valence-electron chi connectivity index (χ1n) is 7.43. The van der Waals surface area contributed by atoms with E-state index in [-0.39, 0.29) is 11.8 Å². The zero-order valence-electron chi connectivity index (χ0n) is 13.9. The van der Waals surface area contributed by atoms with Gasteiger partial charge in [0.15, 0.2) is 0 Å². The standard InChI is InChI=1S/C18H20N2O3S/c1-12-16(19-13(2)21)5-4-6-17(12)20-18(22)11-24-15-9-7-14(23-3)8-10-15/h4-10H,11H2,1-3H3,(H,19,21)(H,20,22). The second-order valence-corrected chi connectivity index (χ2v) is 6.22. The van der Waals surface area contributed by atoms with Gasteiger partial charge in [-0.2, -0.15) is 0 Å². The van der Waals surface area contributed by atoms with Crippen LogP contribution in [0.15, 0.2) is 47.4 Å². The van der Waals surface area contributed by atoms with E-state index in [4.69, 9.17) is 4.74 Å². The van der Waals surface area contributed by atoms with Gasteiger partial charge in [0.2, 0.25) is 11.8 Å². The van der Waals surface area contributed by atoms with Crippen LogP contribution < -0.4 is 15.4 Å². The molecule has 0 saturated heterocycles. The summed E-state index contributed by atoms with van der Waals surface area (Å²) < 4.78 is 5.11. The first kappa shape index (κ1) is 17.9. The maximum absolute atomic E-state index is 12.2. The molecule has 126 valence electrons. The van der Waals surface area contributed by atoms with Gasteiger partial charge in [0.1, 0.15) is 5.75 Å². The Morgan fingerprint density at radius 1 is 1.04 bits per heavy atom. The van der Waals surface area contributed by atoms with Gasteiger partial charge in [-0.3, -0.25) is 9.59 Å². The molecule has 24 heavy (non-hydrogen) atoms. The molecule has 0 radical (unpaired) electrons. The number of thioether (sulfide) groups is 1. The summed E-state index contributed by atoms with van der Waals surface area (Å²) in [7, 11) is 1.62. The number of hydrogen-bond acceptors (Lipinski definition) is 4. The first-order chi connectivity index (χ1) is 11.5. The third-order valence-electron chi connectivity index (χ3n) is 3.35. The van der Waals surface area contributed by atoms with Crippen LogP contribution in [-0.4, -0.2) is 24.7 Å². The van der Waals surface area contributed by atoms with Gasteiger partial charge in [-0.25, -0.2) is 0 Å². The number of ether oxygens (including phenoxy) is 1. The van der Waals surface area contributed by atoms with E-state index in [2.05, 4.69) is 10.6 Å². The van der Waals surface area contributed by atoms with Gasteiger partial charge in [-0.1, -0.05) is 6.07 Å². The van der Waals surface area contributed by atoms with E-state index in [1.165, 1.54) is 18.7 Å². The number of carbonyl (C=O) groups excluding carboxylic acids is 2. The highest BCUT2D eigenvalue weighted by Crippen LogP contribution is 2.25. The van der Waals surface area contributed by atoms with E-state index < -0.39 is 0 Å². The monoisotopic (exact) mass is 344 g/mol. The van der Waals surface area contributed by atoms with Crippen molar-refractivity contribution in [3.05, 3.63) is 48.0 Å². The molecule has 0 fully saturated rings. The molecular weight excluding hydrogens is 324 g/mol. The number of methoxy groups -OCH3 is 1. The van der Waals surface area contributed by atoms with Crippen LogP contribution in [0, 0.1) is 6.92 Å². The average molecular weight is 344 g/mol. The van der Waals surface area contributed by atoms with Crippen LogP contribution in [0.25, 0.3) is 0 Å². The molecule has 2 amide bonds. The molecule has 2 aromatic rings. The SMILES string of the molecule is COc1ccc(SCC(=O)Nc2cccc(NC(C)=O)c2C)cc1. The summed E-state index contributed by atoms with van der Waals surface area (Å²) in [4.78, 5) is 24.3. The number of hydrogen-bond donors (Lipinski definition) is 2. The molecule has 0 aliphatic carbocycles. The Bertz CT molecular complexity index is 730. The second-order valence-electron chi connectivity index (χ2n) is 5.17. The predicted octanol–water partition coefficient (Wildman–Crippen LogP) is 3.69.